The Hall–Kier alpha value is -2.37. The van der Waals surface area contributed by atoms with Gasteiger partial charge in [-0.1, -0.05) is 13.8 Å². The van der Waals surface area contributed by atoms with Gasteiger partial charge in [-0.2, -0.15) is 0 Å². The monoisotopic (exact) mass is 294 g/mol. The summed E-state index contributed by atoms with van der Waals surface area (Å²) in [5, 5.41) is 0. The van der Waals surface area contributed by atoms with Crippen LogP contribution in [-0.4, -0.2) is 24.5 Å². The van der Waals surface area contributed by atoms with Crippen molar-refractivity contribution in [3.05, 3.63) is 23.8 Å². The molecule has 0 saturated carbocycles. The Kier molecular flexibility index (Phi) is 6.39. The maximum atomic E-state index is 11.9. The highest BCUT2D eigenvalue weighted by atomic mass is 16.6. The van der Waals surface area contributed by atoms with Gasteiger partial charge < -0.3 is 14.2 Å². The van der Waals surface area contributed by atoms with Crippen LogP contribution in [0, 0.1) is 0 Å². The van der Waals surface area contributed by atoms with E-state index in [4.69, 9.17) is 14.2 Å². The van der Waals surface area contributed by atoms with Gasteiger partial charge in [0, 0.05) is 12.8 Å². The van der Waals surface area contributed by atoms with Gasteiger partial charge in [0.15, 0.2) is 0 Å². The zero-order chi connectivity index (χ0) is 15.8. The van der Waals surface area contributed by atoms with Crippen LogP contribution in [0.2, 0.25) is 0 Å². The molecule has 0 radical (unpaired) electrons. The first-order chi connectivity index (χ1) is 10.0. The first kappa shape index (κ1) is 16.7. The van der Waals surface area contributed by atoms with E-state index >= 15 is 0 Å². The number of hydrogen-bond donors (Lipinski definition) is 0. The second kappa shape index (κ2) is 8.04. The maximum Gasteiger partial charge on any atom is 0.342 e. The molecular weight excluding hydrogens is 276 g/mol. The molecule has 1 aromatic rings. The molecule has 0 spiro atoms. The van der Waals surface area contributed by atoms with Gasteiger partial charge in [0.1, 0.15) is 17.1 Å². The number of rotatable bonds is 6. The van der Waals surface area contributed by atoms with E-state index < -0.39 is 17.9 Å². The molecule has 1 rings (SSSR count). The van der Waals surface area contributed by atoms with E-state index in [9.17, 15) is 14.4 Å². The Morgan fingerprint density at radius 2 is 1.57 bits per heavy atom. The molecule has 0 heterocycles. The normalized spacial score (nSPS) is 9.86. The fourth-order valence-electron chi connectivity index (χ4n) is 1.43. The summed E-state index contributed by atoms with van der Waals surface area (Å²) in [5.74, 6) is -1.27. The van der Waals surface area contributed by atoms with Crippen LogP contribution < -0.4 is 9.47 Å². The van der Waals surface area contributed by atoms with Crippen molar-refractivity contribution in [2.75, 3.05) is 6.61 Å². The highest BCUT2D eigenvalue weighted by Crippen LogP contribution is 2.26. The van der Waals surface area contributed by atoms with E-state index in [1.807, 2.05) is 0 Å². The quantitative estimate of drug-likeness (QED) is 0.592. The molecule has 0 aromatic heterocycles. The average molecular weight is 294 g/mol. The first-order valence-electron chi connectivity index (χ1n) is 6.74. The largest absolute Gasteiger partial charge is 0.462 e. The van der Waals surface area contributed by atoms with Crippen molar-refractivity contribution in [3.63, 3.8) is 0 Å². The Morgan fingerprint density at radius 1 is 0.952 bits per heavy atom. The molecule has 0 N–H and O–H groups in total. The lowest BCUT2D eigenvalue weighted by atomic mass is 10.2. The minimum Gasteiger partial charge on any atom is -0.462 e. The Balaban J connectivity index is 3.09. The van der Waals surface area contributed by atoms with Gasteiger partial charge in [-0.15, -0.1) is 0 Å². The van der Waals surface area contributed by atoms with Crippen molar-refractivity contribution < 1.29 is 28.6 Å². The minimum atomic E-state index is -0.647. The lowest BCUT2D eigenvalue weighted by Gasteiger charge is -2.11. The van der Waals surface area contributed by atoms with Crippen LogP contribution in [0.25, 0.3) is 0 Å². The standard InChI is InChI=1S/C15H18O6/c1-4-13(16)20-10-7-8-12(21-14(17)5-2)11(9-10)15(18)19-6-3/h7-9H,4-6H2,1-3H3. The lowest BCUT2D eigenvalue weighted by Crippen LogP contribution is -2.13. The van der Waals surface area contributed by atoms with Gasteiger partial charge in [-0.05, 0) is 25.1 Å². The first-order valence-corrected chi connectivity index (χ1v) is 6.74. The Labute approximate surface area is 123 Å². The van der Waals surface area contributed by atoms with E-state index in [1.165, 1.54) is 18.2 Å². The third-order valence-corrected chi connectivity index (χ3v) is 2.48. The minimum absolute atomic E-state index is 0.0417. The second-order valence-corrected chi connectivity index (χ2v) is 4.03. The fraction of sp³-hybridized carbons (Fsp3) is 0.400. The summed E-state index contributed by atoms with van der Waals surface area (Å²) in [5.41, 5.74) is 0.0417. The molecule has 0 aliphatic carbocycles. The summed E-state index contributed by atoms with van der Waals surface area (Å²) in [4.78, 5) is 34.5. The predicted molar refractivity (Wildman–Crippen MR) is 74.3 cm³/mol. The molecule has 1 aromatic carbocycles. The average Bonchev–Trinajstić information content (AvgIpc) is 2.48. The number of carbonyl (C=O) groups is 3. The van der Waals surface area contributed by atoms with Crippen LogP contribution in [0.1, 0.15) is 44.0 Å². The van der Waals surface area contributed by atoms with Crippen LogP contribution in [0.15, 0.2) is 18.2 Å². The summed E-state index contributed by atoms with van der Waals surface area (Å²) < 4.78 is 15.0. The Morgan fingerprint density at radius 3 is 2.14 bits per heavy atom. The number of benzene rings is 1. The van der Waals surface area contributed by atoms with Crippen LogP contribution >= 0.6 is 0 Å². The fourth-order valence-corrected chi connectivity index (χ4v) is 1.43. The van der Waals surface area contributed by atoms with Crippen molar-refractivity contribution in [2.45, 2.75) is 33.6 Å². The van der Waals surface area contributed by atoms with Gasteiger partial charge in [-0.25, -0.2) is 4.79 Å². The molecular formula is C15H18O6. The zero-order valence-electron chi connectivity index (χ0n) is 12.3. The SMILES string of the molecule is CCOC(=O)c1cc(OC(=O)CC)ccc1OC(=O)CC. The zero-order valence-corrected chi connectivity index (χ0v) is 12.3. The highest BCUT2D eigenvalue weighted by molar-refractivity contribution is 5.94. The van der Waals surface area contributed by atoms with Crippen molar-refractivity contribution in [1.29, 1.82) is 0 Å². The number of esters is 3. The van der Waals surface area contributed by atoms with Gasteiger partial charge in [-0.3, -0.25) is 9.59 Å². The van der Waals surface area contributed by atoms with Crippen molar-refractivity contribution in [2.24, 2.45) is 0 Å². The van der Waals surface area contributed by atoms with Gasteiger partial charge in [0.2, 0.25) is 0 Å². The van der Waals surface area contributed by atoms with Crippen LogP contribution in [0.3, 0.4) is 0 Å². The van der Waals surface area contributed by atoms with Gasteiger partial charge in [0.05, 0.1) is 6.61 Å². The molecule has 0 atom stereocenters. The van der Waals surface area contributed by atoms with Gasteiger partial charge in [0.25, 0.3) is 0 Å². The van der Waals surface area contributed by atoms with E-state index in [1.54, 1.807) is 20.8 Å². The molecule has 6 heteroatoms. The van der Waals surface area contributed by atoms with E-state index in [-0.39, 0.29) is 36.5 Å². The van der Waals surface area contributed by atoms with Crippen LogP contribution in [-0.2, 0) is 14.3 Å². The van der Waals surface area contributed by atoms with Crippen LogP contribution in [0.5, 0.6) is 11.5 Å². The molecule has 0 fully saturated rings. The highest BCUT2D eigenvalue weighted by Gasteiger charge is 2.18. The molecule has 0 bridgehead atoms. The van der Waals surface area contributed by atoms with E-state index in [0.29, 0.717) is 0 Å². The molecule has 0 amide bonds. The molecule has 0 aliphatic rings. The van der Waals surface area contributed by atoms with Crippen molar-refractivity contribution >= 4 is 17.9 Å². The smallest absolute Gasteiger partial charge is 0.342 e. The Bertz CT molecular complexity index is 535. The topological polar surface area (TPSA) is 78.9 Å². The molecule has 114 valence electrons. The summed E-state index contributed by atoms with van der Waals surface area (Å²) in [6, 6.07) is 4.18. The predicted octanol–water partition coefficient (Wildman–Crippen LogP) is 2.49. The summed E-state index contributed by atoms with van der Waals surface area (Å²) in [6.07, 6.45) is 0.385. The van der Waals surface area contributed by atoms with E-state index in [0.717, 1.165) is 0 Å². The number of ether oxygens (including phenoxy) is 3. The molecule has 0 aliphatic heterocycles. The molecule has 21 heavy (non-hydrogen) atoms. The van der Waals surface area contributed by atoms with Gasteiger partial charge >= 0.3 is 17.9 Å². The molecule has 0 unspecified atom stereocenters. The summed E-state index contributed by atoms with van der Waals surface area (Å²) in [7, 11) is 0. The third kappa shape index (κ3) is 4.91. The summed E-state index contributed by atoms with van der Waals surface area (Å²) >= 11 is 0. The van der Waals surface area contributed by atoms with Crippen molar-refractivity contribution in [3.8, 4) is 11.5 Å². The lowest BCUT2D eigenvalue weighted by molar-refractivity contribution is -0.135. The molecule has 0 saturated heterocycles. The second-order valence-electron chi connectivity index (χ2n) is 4.03. The van der Waals surface area contributed by atoms with Crippen molar-refractivity contribution in [1.82, 2.24) is 0 Å². The maximum absolute atomic E-state index is 11.9. The number of hydrogen-bond acceptors (Lipinski definition) is 6. The molecule has 6 nitrogen and oxygen atoms in total. The van der Waals surface area contributed by atoms with E-state index in [2.05, 4.69) is 0 Å². The summed E-state index contributed by atoms with van der Waals surface area (Å²) in [6.45, 7) is 5.14. The van der Waals surface area contributed by atoms with Crippen LogP contribution in [0.4, 0.5) is 0 Å². The number of carbonyl (C=O) groups excluding carboxylic acids is 3. The third-order valence-electron chi connectivity index (χ3n) is 2.48.